The molecule has 0 aliphatic carbocycles. The fourth-order valence-electron chi connectivity index (χ4n) is 0.343. The zero-order chi connectivity index (χ0) is 6.41. The first kappa shape index (κ1) is 8.31. The van der Waals surface area contributed by atoms with Gasteiger partial charge in [-0.1, -0.05) is 13.8 Å². The van der Waals surface area contributed by atoms with Crippen LogP contribution in [0, 0.1) is 0 Å². The van der Waals surface area contributed by atoms with Crippen LogP contribution in [0.3, 0.4) is 0 Å². The Labute approximate surface area is 56.2 Å². The maximum absolute atomic E-state index is 3.10. The molecule has 1 nitrogen and oxygen atoms in total. The Morgan fingerprint density at radius 1 is 1.62 bits per heavy atom. The van der Waals surface area contributed by atoms with Gasteiger partial charge in [-0.25, -0.2) is 0 Å². The van der Waals surface area contributed by atoms with Crippen molar-refractivity contribution >= 4 is 11.8 Å². The van der Waals surface area contributed by atoms with Crippen molar-refractivity contribution in [2.75, 3.05) is 12.9 Å². The Hall–Kier alpha value is 0.310. The molecule has 0 saturated carbocycles. The molecule has 50 valence electrons. The Morgan fingerprint density at radius 3 is 2.62 bits per heavy atom. The Morgan fingerprint density at radius 2 is 2.25 bits per heavy atom. The molecule has 0 radical (unpaired) electrons. The Balaban J connectivity index is 2.86. The highest BCUT2D eigenvalue weighted by Crippen LogP contribution is 2.10. The van der Waals surface area contributed by atoms with E-state index >= 15 is 0 Å². The van der Waals surface area contributed by atoms with Crippen molar-refractivity contribution < 1.29 is 0 Å². The molecule has 0 aromatic rings. The van der Waals surface area contributed by atoms with Crippen LogP contribution in [0.15, 0.2) is 0 Å². The molecule has 1 N–H and O–H groups in total. The highest BCUT2D eigenvalue weighted by atomic mass is 32.2. The van der Waals surface area contributed by atoms with Crippen LogP contribution >= 0.6 is 11.8 Å². The third kappa shape index (κ3) is 4.47. The molecule has 0 aromatic heterocycles. The second-order valence-electron chi connectivity index (χ2n) is 1.88. The molecule has 0 aliphatic rings. The Kier molecular flexibility index (Phi) is 5.66. The number of hydrogen-bond donors (Lipinski definition) is 1. The largest absolute Gasteiger partial charge is 0.311 e. The number of nitrogens with one attached hydrogen (secondary N) is 1. The van der Waals surface area contributed by atoms with E-state index in [1.807, 2.05) is 18.8 Å². The van der Waals surface area contributed by atoms with Gasteiger partial charge in [0.15, 0.2) is 0 Å². The van der Waals surface area contributed by atoms with Gasteiger partial charge >= 0.3 is 0 Å². The van der Waals surface area contributed by atoms with Gasteiger partial charge in [-0.05, 0) is 13.5 Å². The van der Waals surface area contributed by atoms with Crippen LogP contribution in [-0.4, -0.2) is 18.2 Å². The molecule has 1 atom stereocenters. The van der Waals surface area contributed by atoms with Crippen molar-refractivity contribution in [3.63, 3.8) is 0 Å². The van der Waals surface area contributed by atoms with Crippen LogP contribution in [0.25, 0.3) is 0 Å². The predicted octanol–water partition coefficient (Wildman–Crippen LogP) is 1.69. The molecule has 0 aromatic carbocycles. The molecule has 0 amide bonds. The van der Waals surface area contributed by atoms with E-state index in [1.54, 1.807) is 0 Å². The minimum atomic E-state index is 0.808. The lowest BCUT2D eigenvalue weighted by Gasteiger charge is -2.05. The summed E-state index contributed by atoms with van der Waals surface area (Å²) in [5, 5.41) is 3.90. The highest BCUT2D eigenvalue weighted by molar-refractivity contribution is 7.99. The van der Waals surface area contributed by atoms with E-state index in [1.165, 1.54) is 6.42 Å². The van der Waals surface area contributed by atoms with Crippen molar-refractivity contribution in [1.82, 2.24) is 5.32 Å². The van der Waals surface area contributed by atoms with E-state index in [-0.39, 0.29) is 0 Å². The van der Waals surface area contributed by atoms with E-state index in [9.17, 15) is 0 Å². The second-order valence-corrected chi connectivity index (χ2v) is 3.31. The van der Waals surface area contributed by atoms with Crippen molar-refractivity contribution in [2.45, 2.75) is 25.5 Å². The molecule has 2 heteroatoms. The average Bonchev–Trinajstić information content (AvgIpc) is 1.83. The minimum Gasteiger partial charge on any atom is -0.311 e. The lowest BCUT2D eigenvalue weighted by molar-refractivity contribution is 0.892. The molecule has 0 fully saturated rings. The summed E-state index contributed by atoms with van der Waals surface area (Å²) in [7, 11) is 1.98. The normalized spacial score (nSPS) is 13.9. The number of thioether (sulfide) groups is 1. The van der Waals surface area contributed by atoms with E-state index in [0.717, 1.165) is 11.1 Å². The van der Waals surface area contributed by atoms with E-state index < -0.39 is 0 Å². The zero-order valence-corrected chi connectivity index (χ0v) is 6.72. The van der Waals surface area contributed by atoms with Crippen molar-refractivity contribution in [2.24, 2.45) is 0 Å². The maximum Gasteiger partial charge on any atom is 0.0418 e. The first-order chi connectivity index (χ1) is 3.81. The average molecular weight is 133 g/mol. The molecule has 0 bridgehead atoms. The summed E-state index contributed by atoms with van der Waals surface area (Å²) in [6, 6.07) is 0. The summed E-state index contributed by atoms with van der Waals surface area (Å²) in [6.07, 6.45) is 1.27. The zero-order valence-electron chi connectivity index (χ0n) is 5.90. The third-order valence-corrected chi connectivity index (χ3v) is 2.44. The van der Waals surface area contributed by atoms with Crippen molar-refractivity contribution in [3.05, 3.63) is 0 Å². The van der Waals surface area contributed by atoms with Crippen molar-refractivity contribution in [3.8, 4) is 0 Å². The van der Waals surface area contributed by atoms with E-state index in [4.69, 9.17) is 0 Å². The fourth-order valence-corrected chi connectivity index (χ4v) is 1.03. The van der Waals surface area contributed by atoms with Crippen LogP contribution in [0.1, 0.15) is 20.3 Å². The van der Waals surface area contributed by atoms with Crippen LogP contribution in [0.4, 0.5) is 0 Å². The fraction of sp³-hybridized carbons (Fsp3) is 1.00. The molecule has 1 unspecified atom stereocenters. The van der Waals surface area contributed by atoms with Gasteiger partial charge in [-0.2, -0.15) is 0 Å². The summed E-state index contributed by atoms with van der Waals surface area (Å²) < 4.78 is 0. The van der Waals surface area contributed by atoms with Gasteiger partial charge in [-0.15, -0.1) is 11.8 Å². The number of hydrogen-bond acceptors (Lipinski definition) is 2. The van der Waals surface area contributed by atoms with Gasteiger partial charge in [0.1, 0.15) is 0 Å². The minimum absolute atomic E-state index is 0.808. The number of rotatable bonds is 4. The summed E-state index contributed by atoms with van der Waals surface area (Å²) in [5.41, 5.74) is 0. The van der Waals surface area contributed by atoms with Crippen LogP contribution < -0.4 is 5.32 Å². The van der Waals surface area contributed by atoms with Gasteiger partial charge < -0.3 is 5.32 Å². The molecule has 8 heavy (non-hydrogen) atoms. The lowest BCUT2D eigenvalue weighted by atomic mass is 10.4. The maximum atomic E-state index is 3.10. The van der Waals surface area contributed by atoms with Crippen LogP contribution in [0.2, 0.25) is 0 Å². The molecule has 0 spiro atoms. The van der Waals surface area contributed by atoms with Gasteiger partial charge in [0.05, 0.1) is 0 Å². The first-order valence-corrected chi connectivity index (χ1v) is 4.12. The molecule has 0 rings (SSSR count). The van der Waals surface area contributed by atoms with Crippen LogP contribution in [-0.2, 0) is 0 Å². The second kappa shape index (κ2) is 5.45. The van der Waals surface area contributed by atoms with Crippen LogP contribution in [0.5, 0.6) is 0 Å². The summed E-state index contributed by atoms with van der Waals surface area (Å²) >= 11 is 1.97. The highest BCUT2D eigenvalue weighted by Gasteiger charge is 1.94. The SMILES string of the molecule is CCC(C)SCNC. The smallest absolute Gasteiger partial charge is 0.0418 e. The summed E-state index contributed by atoms with van der Waals surface area (Å²) in [4.78, 5) is 0. The quantitative estimate of drug-likeness (QED) is 0.586. The summed E-state index contributed by atoms with van der Waals surface area (Å²) in [6.45, 7) is 4.47. The molecule has 0 aliphatic heterocycles. The van der Waals surface area contributed by atoms with Crippen molar-refractivity contribution in [1.29, 1.82) is 0 Å². The molecule has 0 heterocycles. The van der Waals surface area contributed by atoms with Gasteiger partial charge in [0, 0.05) is 11.1 Å². The summed E-state index contributed by atoms with van der Waals surface area (Å²) in [5.74, 6) is 1.08. The molecule has 0 saturated heterocycles. The first-order valence-electron chi connectivity index (χ1n) is 3.07. The standard InChI is InChI=1S/C6H15NS/c1-4-6(2)8-5-7-3/h6-7H,4-5H2,1-3H3. The van der Waals surface area contributed by atoms with E-state index in [0.29, 0.717) is 0 Å². The van der Waals surface area contributed by atoms with E-state index in [2.05, 4.69) is 19.2 Å². The van der Waals surface area contributed by atoms with Gasteiger partial charge in [-0.3, -0.25) is 0 Å². The Bertz CT molecular complexity index is 47.8. The predicted molar refractivity (Wildman–Crippen MR) is 41.3 cm³/mol. The monoisotopic (exact) mass is 133 g/mol. The topological polar surface area (TPSA) is 12.0 Å². The third-order valence-electron chi connectivity index (χ3n) is 1.09. The lowest BCUT2D eigenvalue weighted by Crippen LogP contribution is -2.07. The molecular weight excluding hydrogens is 118 g/mol. The van der Waals surface area contributed by atoms with Gasteiger partial charge in [0.2, 0.25) is 0 Å². The molecular formula is C6H15NS. The van der Waals surface area contributed by atoms with Gasteiger partial charge in [0.25, 0.3) is 0 Å².